The molecule has 0 radical (unpaired) electrons. The average molecular weight is 306 g/mol. The number of thiophene rings is 1. The Morgan fingerprint density at radius 2 is 2.29 bits per heavy atom. The van der Waals surface area contributed by atoms with E-state index in [1.165, 1.54) is 17.5 Å². The summed E-state index contributed by atoms with van der Waals surface area (Å²) in [6.45, 7) is 3.90. The van der Waals surface area contributed by atoms with Crippen LogP contribution in [0.5, 0.6) is 5.75 Å². The minimum Gasteiger partial charge on any atom is -0.489 e. The number of nitrogens with one attached hydrogen (secondary N) is 1. The zero-order valence-corrected chi connectivity index (χ0v) is 12.8. The summed E-state index contributed by atoms with van der Waals surface area (Å²) in [4.78, 5) is 16.2. The average Bonchev–Trinajstić information content (AvgIpc) is 2.98. The van der Waals surface area contributed by atoms with Gasteiger partial charge in [-0.05, 0) is 48.4 Å². The van der Waals surface area contributed by atoms with E-state index >= 15 is 0 Å². The lowest BCUT2D eigenvalue weighted by Crippen LogP contribution is -2.29. The Labute approximate surface area is 127 Å². The van der Waals surface area contributed by atoms with Crippen molar-refractivity contribution in [2.45, 2.75) is 26.1 Å². The van der Waals surface area contributed by atoms with Gasteiger partial charge >= 0.3 is 0 Å². The summed E-state index contributed by atoms with van der Waals surface area (Å²) in [7, 11) is 0. The second-order valence-electron chi connectivity index (χ2n) is 4.80. The molecule has 0 aromatic carbocycles. The molecule has 2 aromatic rings. The molecule has 2 aromatic heterocycles. The third kappa shape index (κ3) is 4.27. The Morgan fingerprint density at radius 3 is 2.95 bits per heavy atom. The van der Waals surface area contributed by atoms with Gasteiger partial charge in [0.05, 0.1) is 12.2 Å². The third-order valence-corrected chi connectivity index (χ3v) is 3.43. The Hall–Kier alpha value is -1.92. The number of nitrogens with zero attached hydrogens (tertiary/aromatic N) is 1. The molecule has 21 heavy (non-hydrogen) atoms. The molecule has 0 fully saturated rings. The quantitative estimate of drug-likeness (QED) is 0.859. The molecule has 0 saturated heterocycles. The fraction of sp³-hybridized carbons (Fsp3) is 0.333. The van der Waals surface area contributed by atoms with Gasteiger partial charge in [-0.1, -0.05) is 0 Å². The zero-order valence-electron chi connectivity index (χ0n) is 11.9. The Bertz CT molecular complexity index is 584. The minimum absolute atomic E-state index is 0.0443. The Balaban J connectivity index is 2.00. The third-order valence-electron chi connectivity index (χ3n) is 2.73. The van der Waals surface area contributed by atoms with Crippen molar-refractivity contribution >= 4 is 17.2 Å². The van der Waals surface area contributed by atoms with Crippen LogP contribution in [0.25, 0.3) is 0 Å². The van der Waals surface area contributed by atoms with Crippen LogP contribution in [0.4, 0.5) is 0 Å². The summed E-state index contributed by atoms with van der Waals surface area (Å²) >= 11 is 1.50. The first-order chi connectivity index (χ1) is 10.1. The van der Waals surface area contributed by atoms with Crippen LogP contribution >= 0.6 is 11.3 Å². The van der Waals surface area contributed by atoms with Crippen LogP contribution in [-0.4, -0.2) is 28.6 Å². The van der Waals surface area contributed by atoms with Crippen molar-refractivity contribution in [3.8, 4) is 5.75 Å². The van der Waals surface area contributed by atoms with E-state index in [0.717, 1.165) is 5.56 Å². The molecule has 0 spiro atoms. The van der Waals surface area contributed by atoms with Gasteiger partial charge in [-0.25, -0.2) is 4.98 Å². The van der Waals surface area contributed by atoms with E-state index < -0.39 is 6.10 Å². The van der Waals surface area contributed by atoms with Gasteiger partial charge in [0.25, 0.3) is 5.91 Å². The van der Waals surface area contributed by atoms with Crippen molar-refractivity contribution in [2.75, 3.05) is 6.54 Å². The molecule has 1 unspecified atom stereocenters. The SMILES string of the molecule is CC(C)Oc1cccnc1C(=O)NCC(O)c1ccsc1. The number of amides is 1. The smallest absolute Gasteiger partial charge is 0.273 e. The maximum atomic E-state index is 12.2. The van der Waals surface area contributed by atoms with Crippen LogP contribution in [0.15, 0.2) is 35.2 Å². The number of carbonyl (C=O) groups is 1. The number of pyridine rings is 1. The standard InChI is InChI=1S/C15H18N2O3S/c1-10(2)20-13-4-3-6-16-14(13)15(19)17-8-12(18)11-5-7-21-9-11/h3-7,9-10,12,18H,8H2,1-2H3,(H,17,19). The topological polar surface area (TPSA) is 71.5 Å². The molecule has 0 aliphatic rings. The largest absolute Gasteiger partial charge is 0.489 e. The number of rotatable bonds is 6. The van der Waals surface area contributed by atoms with Crippen molar-refractivity contribution in [2.24, 2.45) is 0 Å². The van der Waals surface area contributed by atoms with Crippen molar-refractivity contribution in [1.29, 1.82) is 0 Å². The van der Waals surface area contributed by atoms with Gasteiger partial charge in [-0.15, -0.1) is 0 Å². The highest BCUT2D eigenvalue weighted by Gasteiger charge is 2.16. The van der Waals surface area contributed by atoms with Gasteiger partial charge in [0, 0.05) is 12.7 Å². The van der Waals surface area contributed by atoms with Crippen molar-refractivity contribution in [1.82, 2.24) is 10.3 Å². The molecule has 5 nitrogen and oxygen atoms in total. The van der Waals surface area contributed by atoms with Crippen LogP contribution in [0.1, 0.15) is 36.0 Å². The van der Waals surface area contributed by atoms with E-state index in [0.29, 0.717) is 5.75 Å². The van der Waals surface area contributed by atoms with Crippen LogP contribution < -0.4 is 10.1 Å². The zero-order chi connectivity index (χ0) is 15.2. The summed E-state index contributed by atoms with van der Waals surface area (Å²) in [6, 6.07) is 5.25. The van der Waals surface area contributed by atoms with Gasteiger partial charge in [-0.2, -0.15) is 11.3 Å². The highest BCUT2D eigenvalue weighted by atomic mass is 32.1. The van der Waals surface area contributed by atoms with Crippen LogP contribution in [0.3, 0.4) is 0 Å². The number of hydrogen-bond donors (Lipinski definition) is 2. The summed E-state index contributed by atoms with van der Waals surface area (Å²) in [5, 5.41) is 16.4. The number of hydrogen-bond acceptors (Lipinski definition) is 5. The molecular formula is C15H18N2O3S. The van der Waals surface area contributed by atoms with Gasteiger partial charge < -0.3 is 15.2 Å². The number of aromatic nitrogens is 1. The lowest BCUT2D eigenvalue weighted by atomic mass is 10.2. The number of aliphatic hydroxyl groups excluding tert-OH is 1. The van der Waals surface area contributed by atoms with Gasteiger partial charge in [0.15, 0.2) is 11.4 Å². The predicted octanol–water partition coefficient (Wildman–Crippen LogP) is 2.39. The van der Waals surface area contributed by atoms with E-state index in [4.69, 9.17) is 4.74 Å². The molecule has 0 aliphatic heterocycles. The number of carbonyl (C=O) groups excluding carboxylic acids is 1. The lowest BCUT2D eigenvalue weighted by molar-refractivity contribution is 0.0905. The molecule has 2 N–H and O–H groups in total. The van der Waals surface area contributed by atoms with Crippen molar-refractivity contribution in [3.05, 3.63) is 46.4 Å². The van der Waals surface area contributed by atoms with Gasteiger partial charge in [-0.3, -0.25) is 4.79 Å². The second-order valence-corrected chi connectivity index (χ2v) is 5.58. The van der Waals surface area contributed by atoms with Crippen LogP contribution in [0.2, 0.25) is 0 Å². The van der Waals surface area contributed by atoms with Crippen LogP contribution in [0, 0.1) is 0 Å². The molecule has 1 atom stereocenters. The first-order valence-corrected chi connectivity index (χ1v) is 7.62. The monoisotopic (exact) mass is 306 g/mol. The molecule has 0 saturated carbocycles. The predicted molar refractivity (Wildman–Crippen MR) is 81.6 cm³/mol. The van der Waals surface area contributed by atoms with Crippen LogP contribution in [-0.2, 0) is 0 Å². The van der Waals surface area contributed by atoms with Gasteiger partial charge in [0.2, 0.25) is 0 Å². The lowest BCUT2D eigenvalue weighted by Gasteiger charge is -2.14. The normalized spacial score (nSPS) is 12.2. The molecular weight excluding hydrogens is 288 g/mol. The van der Waals surface area contributed by atoms with Crippen molar-refractivity contribution in [3.63, 3.8) is 0 Å². The second kappa shape index (κ2) is 7.19. The molecule has 2 heterocycles. The minimum atomic E-state index is -0.724. The number of ether oxygens (including phenoxy) is 1. The molecule has 0 aliphatic carbocycles. The maximum absolute atomic E-state index is 12.2. The van der Waals surface area contributed by atoms with E-state index in [9.17, 15) is 9.90 Å². The molecule has 0 bridgehead atoms. The first-order valence-electron chi connectivity index (χ1n) is 6.68. The fourth-order valence-corrected chi connectivity index (χ4v) is 2.47. The van der Waals surface area contributed by atoms with Crippen molar-refractivity contribution < 1.29 is 14.6 Å². The maximum Gasteiger partial charge on any atom is 0.273 e. The Kier molecular flexibility index (Phi) is 5.30. The molecule has 112 valence electrons. The fourth-order valence-electron chi connectivity index (χ4n) is 1.77. The molecule has 1 amide bonds. The summed E-state index contributed by atoms with van der Waals surface area (Å²) in [5.41, 5.74) is 1.02. The number of aliphatic hydroxyl groups is 1. The van der Waals surface area contributed by atoms with E-state index in [1.807, 2.05) is 30.7 Å². The van der Waals surface area contributed by atoms with E-state index in [1.54, 1.807) is 12.1 Å². The molecule has 6 heteroatoms. The van der Waals surface area contributed by atoms with E-state index in [2.05, 4.69) is 10.3 Å². The first kappa shape index (κ1) is 15.5. The molecule has 2 rings (SSSR count). The highest BCUT2D eigenvalue weighted by molar-refractivity contribution is 7.07. The van der Waals surface area contributed by atoms with Gasteiger partial charge in [0.1, 0.15) is 0 Å². The summed E-state index contributed by atoms with van der Waals surface area (Å²) < 4.78 is 5.56. The highest BCUT2D eigenvalue weighted by Crippen LogP contribution is 2.18. The summed E-state index contributed by atoms with van der Waals surface area (Å²) in [6.07, 6.45) is 0.771. The summed E-state index contributed by atoms with van der Waals surface area (Å²) in [5.74, 6) is 0.0792. The van der Waals surface area contributed by atoms with E-state index in [-0.39, 0.29) is 24.2 Å². The Morgan fingerprint density at radius 1 is 1.48 bits per heavy atom.